The number of imide groups is 1. The molecule has 0 aliphatic carbocycles. The van der Waals surface area contributed by atoms with E-state index in [-0.39, 0.29) is 24.3 Å². The van der Waals surface area contributed by atoms with Crippen LogP contribution in [0.5, 0.6) is 0 Å². The highest BCUT2D eigenvalue weighted by molar-refractivity contribution is 6.31. The fraction of sp³-hybridized carbons (Fsp3) is 0.304. The minimum atomic E-state index is -0.487. The van der Waals surface area contributed by atoms with Gasteiger partial charge in [-0.15, -0.1) is 0 Å². The lowest BCUT2D eigenvalue weighted by Crippen LogP contribution is -2.41. The number of nitrogens with one attached hydrogen (secondary N) is 3. The van der Waals surface area contributed by atoms with Gasteiger partial charge in [0.05, 0.1) is 0 Å². The first-order valence-electron chi connectivity index (χ1n) is 10.1. The lowest BCUT2D eigenvalue weighted by atomic mass is 9.83. The van der Waals surface area contributed by atoms with Gasteiger partial charge in [-0.25, -0.2) is 4.79 Å². The van der Waals surface area contributed by atoms with Crippen LogP contribution in [-0.4, -0.2) is 42.0 Å². The van der Waals surface area contributed by atoms with E-state index >= 15 is 0 Å². The van der Waals surface area contributed by atoms with Crippen molar-refractivity contribution < 1.29 is 9.59 Å². The molecule has 6 nitrogen and oxygen atoms in total. The molecular formula is C23H25ClN4O2. The first kappa shape index (κ1) is 20.4. The van der Waals surface area contributed by atoms with E-state index in [1.807, 2.05) is 24.3 Å². The number of H-pyrrole nitrogens is 1. The van der Waals surface area contributed by atoms with Crippen molar-refractivity contribution >= 4 is 34.4 Å². The Morgan fingerprint density at radius 1 is 1.17 bits per heavy atom. The SMILES string of the molecule is CNC(=O)NC(=O)CCN1CC(c2ccccc2Cl)c2c([nH]c3ccccc23)C1C. The molecule has 3 aromatic rings. The van der Waals surface area contributed by atoms with E-state index in [9.17, 15) is 9.59 Å². The van der Waals surface area contributed by atoms with Gasteiger partial charge in [-0.3, -0.25) is 15.0 Å². The third kappa shape index (κ3) is 3.80. The van der Waals surface area contributed by atoms with Crippen molar-refractivity contribution in [2.75, 3.05) is 20.1 Å². The minimum absolute atomic E-state index is 0.0862. The molecule has 1 aliphatic heterocycles. The zero-order valence-electron chi connectivity index (χ0n) is 17.0. The second-order valence-electron chi connectivity index (χ2n) is 7.62. The van der Waals surface area contributed by atoms with Crippen molar-refractivity contribution in [1.29, 1.82) is 0 Å². The number of hydrogen-bond donors (Lipinski definition) is 3. The number of benzene rings is 2. The maximum atomic E-state index is 12.1. The van der Waals surface area contributed by atoms with Crippen LogP contribution >= 0.6 is 11.6 Å². The van der Waals surface area contributed by atoms with E-state index in [4.69, 9.17) is 11.6 Å². The standard InChI is InChI=1S/C23H25ClN4O2/c1-14-22-21(16-8-4-6-10-19(16)26-22)17(15-7-3-5-9-18(15)24)13-28(14)12-11-20(29)27-23(30)25-2/h3-10,14,17,26H,11-13H2,1-2H3,(H2,25,27,29,30). The molecule has 0 radical (unpaired) electrons. The summed E-state index contributed by atoms with van der Waals surface area (Å²) < 4.78 is 0. The third-order valence-electron chi connectivity index (χ3n) is 5.89. The Kier molecular flexibility index (Phi) is 5.79. The largest absolute Gasteiger partial charge is 0.357 e. The summed E-state index contributed by atoms with van der Waals surface area (Å²) in [5.74, 6) is -0.207. The Morgan fingerprint density at radius 3 is 2.67 bits per heavy atom. The van der Waals surface area contributed by atoms with Gasteiger partial charge >= 0.3 is 6.03 Å². The maximum Gasteiger partial charge on any atom is 0.321 e. The summed E-state index contributed by atoms with van der Waals surface area (Å²) in [6.45, 7) is 3.43. The first-order valence-corrected chi connectivity index (χ1v) is 10.5. The van der Waals surface area contributed by atoms with E-state index in [0.717, 1.165) is 28.3 Å². The second kappa shape index (κ2) is 8.50. The minimum Gasteiger partial charge on any atom is -0.357 e. The number of rotatable bonds is 4. The first-order chi connectivity index (χ1) is 14.5. The molecule has 4 rings (SSSR count). The number of carbonyl (C=O) groups excluding carboxylic acids is 2. The molecule has 156 valence electrons. The van der Waals surface area contributed by atoms with Gasteiger partial charge in [-0.05, 0) is 30.2 Å². The molecule has 2 aromatic carbocycles. The Balaban J connectivity index is 1.68. The monoisotopic (exact) mass is 424 g/mol. The molecule has 3 amide bonds. The van der Waals surface area contributed by atoms with Gasteiger partial charge in [-0.2, -0.15) is 0 Å². The lowest BCUT2D eigenvalue weighted by Gasteiger charge is -2.38. The molecule has 1 aliphatic rings. The molecule has 0 fully saturated rings. The van der Waals surface area contributed by atoms with Gasteiger partial charge in [0, 0.05) is 60.1 Å². The maximum absolute atomic E-state index is 12.1. The summed E-state index contributed by atoms with van der Waals surface area (Å²) in [5, 5.41) is 6.68. The molecule has 2 heterocycles. The topological polar surface area (TPSA) is 77.2 Å². The molecule has 1 aromatic heterocycles. The number of fused-ring (bicyclic) bond motifs is 3. The van der Waals surface area contributed by atoms with Crippen molar-refractivity contribution in [3.63, 3.8) is 0 Å². The van der Waals surface area contributed by atoms with Crippen LogP contribution in [0.2, 0.25) is 5.02 Å². The van der Waals surface area contributed by atoms with Crippen molar-refractivity contribution in [3.8, 4) is 0 Å². The van der Waals surface area contributed by atoms with Crippen LogP contribution in [0.4, 0.5) is 4.79 Å². The Labute approximate surface area is 180 Å². The fourth-order valence-corrected chi connectivity index (χ4v) is 4.62. The van der Waals surface area contributed by atoms with E-state index < -0.39 is 6.03 Å². The number of amides is 3. The normalized spacial score (nSPS) is 18.8. The number of halogens is 1. The molecule has 0 saturated carbocycles. The van der Waals surface area contributed by atoms with Crippen molar-refractivity contribution in [3.05, 3.63) is 70.4 Å². The Morgan fingerprint density at radius 2 is 1.90 bits per heavy atom. The van der Waals surface area contributed by atoms with Crippen LogP contribution in [0.15, 0.2) is 48.5 Å². The number of urea groups is 1. The van der Waals surface area contributed by atoms with Crippen LogP contribution in [0.25, 0.3) is 10.9 Å². The molecule has 0 bridgehead atoms. The van der Waals surface area contributed by atoms with Crippen molar-refractivity contribution in [2.45, 2.75) is 25.3 Å². The predicted molar refractivity (Wildman–Crippen MR) is 119 cm³/mol. The number of carbonyl (C=O) groups is 2. The smallest absolute Gasteiger partial charge is 0.321 e. The molecule has 2 atom stereocenters. The van der Waals surface area contributed by atoms with Crippen LogP contribution in [0, 0.1) is 0 Å². The number of hydrogen-bond acceptors (Lipinski definition) is 3. The van der Waals surface area contributed by atoms with E-state index in [1.54, 1.807) is 0 Å². The fourth-order valence-electron chi connectivity index (χ4n) is 4.35. The van der Waals surface area contributed by atoms with Gasteiger partial charge in [0.2, 0.25) is 5.91 Å². The van der Waals surface area contributed by atoms with Gasteiger partial charge in [0.15, 0.2) is 0 Å². The van der Waals surface area contributed by atoms with Crippen LogP contribution in [-0.2, 0) is 4.79 Å². The van der Waals surface area contributed by atoms with Crippen molar-refractivity contribution in [1.82, 2.24) is 20.5 Å². The average molecular weight is 425 g/mol. The highest BCUT2D eigenvalue weighted by atomic mass is 35.5. The highest BCUT2D eigenvalue weighted by Crippen LogP contribution is 2.44. The van der Waals surface area contributed by atoms with Crippen LogP contribution < -0.4 is 10.6 Å². The summed E-state index contributed by atoms with van der Waals surface area (Å²) >= 11 is 6.59. The van der Waals surface area contributed by atoms with Crippen molar-refractivity contribution in [2.24, 2.45) is 0 Å². The summed E-state index contributed by atoms with van der Waals surface area (Å²) in [4.78, 5) is 29.4. The Hall–Kier alpha value is -2.83. The summed E-state index contributed by atoms with van der Waals surface area (Å²) in [5.41, 5.74) is 4.61. The summed E-state index contributed by atoms with van der Waals surface area (Å²) in [7, 11) is 1.49. The van der Waals surface area contributed by atoms with Gasteiger partial charge < -0.3 is 10.3 Å². The molecule has 30 heavy (non-hydrogen) atoms. The Bertz CT molecular complexity index is 1090. The van der Waals surface area contributed by atoms with Gasteiger partial charge in [0.25, 0.3) is 0 Å². The molecule has 0 spiro atoms. The second-order valence-corrected chi connectivity index (χ2v) is 8.03. The van der Waals surface area contributed by atoms with E-state index in [2.05, 4.69) is 51.7 Å². The molecule has 7 heteroatoms. The quantitative estimate of drug-likeness (QED) is 0.588. The van der Waals surface area contributed by atoms with E-state index in [0.29, 0.717) is 6.54 Å². The number of aromatic nitrogens is 1. The molecule has 3 N–H and O–H groups in total. The van der Waals surface area contributed by atoms with Gasteiger partial charge in [0.1, 0.15) is 0 Å². The zero-order valence-corrected chi connectivity index (χ0v) is 17.8. The zero-order chi connectivity index (χ0) is 21.3. The van der Waals surface area contributed by atoms with Crippen LogP contribution in [0.3, 0.4) is 0 Å². The molecular weight excluding hydrogens is 400 g/mol. The number of para-hydroxylation sites is 1. The third-order valence-corrected chi connectivity index (χ3v) is 6.24. The highest BCUT2D eigenvalue weighted by Gasteiger charge is 2.35. The molecule has 0 saturated heterocycles. The molecule has 2 unspecified atom stereocenters. The van der Waals surface area contributed by atoms with Gasteiger partial charge in [-0.1, -0.05) is 48.0 Å². The number of aromatic amines is 1. The average Bonchev–Trinajstić information content (AvgIpc) is 3.14. The number of nitrogens with zero attached hydrogens (tertiary/aromatic N) is 1. The predicted octanol–water partition coefficient (Wildman–Crippen LogP) is 4.18. The van der Waals surface area contributed by atoms with Crippen LogP contribution in [0.1, 0.15) is 42.1 Å². The van der Waals surface area contributed by atoms with E-state index in [1.165, 1.54) is 18.0 Å². The summed E-state index contributed by atoms with van der Waals surface area (Å²) in [6, 6.07) is 15.9. The lowest BCUT2D eigenvalue weighted by molar-refractivity contribution is -0.120. The summed E-state index contributed by atoms with van der Waals surface area (Å²) in [6.07, 6.45) is 0.239.